The Bertz CT molecular complexity index is 677. The number of methoxy groups -OCH3 is 1. The molecule has 0 aliphatic rings. The van der Waals surface area contributed by atoms with Crippen molar-refractivity contribution in [3.05, 3.63) is 52.8 Å². The number of rotatable bonds is 7. The minimum Gasteiger partial charge on any atom is -0.495 e. The van der Waals surface area contributed by atoms with Crippen LogP contribution in [0.3, 0.4) is 0 Å². The van der Waals surface area contributed by atoms with Crippen molar-refractivity contribution in [2.75, 3.05) is 19.0 Å². The number of hydrogen-bond acceptors (Lipinski definition) is 4. The smallest absolute Gasteiger partial charge is 0.222 e. The molecule has 2 aromatic rings. The number of benzene rings is 1. The summed E-state index contributed by atoms with van der Waals surface area (Å²) in [5, 5.41) is 6.63. The Morgan fingerprint density at radius 3 is 2.87 bits per heavy atom. The van der Waals surface area contributed by atoms with E-state index < -0.39 is 0 Å². The lowest BCUT2D eigenvalue weighted by Gasteiger charge is -2.11. The van der Waals surface area contributed by atoms with E-state index in [2.05, 4.69) is 15.6 Å². The molecular formula is C17H20ClN3O2. The van der Waals surface area contributed by atoms with Gasteiger partial charge in [-0.2, -0.15) is 0 Å². The molecule has 0 spiro atoms. The molecule has 6 heteroatoms. The van der Waals surface area contributed by atoms with Gasteiger partial charge in [-0.1, -0.05) is 17.7 Å². The summed E-state index contributed by atoms with van der Waals surface area (Å²) in [5.41, 5.74) is 2.56. The monoisotopic (exact) mass is 333 g/mol. The molecule has 5 nitrogen and oxygen atoms in total. The minimum atomic E-state index is -0.0400. The van der Waals surface area contributed by atoms with Crippen LogP contribution in [0.2, 0.25) is 5.02 Å². The highest BCUT2D eigenvalue weighted by molar-refractivity contribution is 6.30. The van der Waals surface area contributed by atoms with Gasteiger partial charge in [-0.05, 0) is 37.3 Å². The van der Waals surface area contributed by atoms with Crippen molar-refractivity contribution < 1.29 is 9.53 Å². The molecule has 1 amide bonds. The van der Waals surface area contributed by atoms with Crippen molar-refractivity contribution in [1.29, 1.82) is 0 Å². The SMILES string of the molecule is COc1ccc(Cl)cc1NCCC(=O)NCc1cccc(C)n1. The number of carbonyl (C=O) groups is 1. The van der Waals surface area contributed by atoms with E-state index in [1.165, 1.54) is 0 Å². The first-order valence-electron chi connectivity index (χ1n) is 7.35. The summed E-state index contributed by atoms with van der Waals surface area (Å²) < 4.78 is 5.24. The second-order valence-electron chi connectivity index (χ2n) is 5.07. The summed E-state index contributed by atoms with van der Waals surface area (Å²) in [6, 6.07) is 11.1. The third-order valence-electron chi connectivity index (χ3n) is 3.24. The van der Waals surface area contributed by atoms with E-state index in [1.807, 2.05) is 25.1 Å². The van der Waals surface area contributed by atoms with Gasteiger partial charge in [-0.25, -0.2) is 0 Å². The molecule has 1 aromatic carbocycles. The molecule has 122 valence electrons. The van der Waals surface area contributed by atoms with E-state index in [4.69, 9.17) is 16.3 Å². The van der Waals surface area contributed by atoms with E-state index >= 15 is 0 Å². The van der Waals surface area contributed by atoms with E-state index in [1.54, 1.807) is 25.3 Å². The topological polar surface area (TPSA) is 63.2 Å². The summed E-state index contributed by atoms with van der Waals surface area (Å²) in [7, 11) is 1.59. The maximum absolute atomic E-state index is 11.9. The molecule has 0 atom stereocenters. The van der Waals surface area contributed by atoms with Crippen LogP contribution in [0, 0.1) is 6.92 Å². The number of aromatic nitrogens is 1. The van der Waals surface area contributed by atoms with Gasteiger partial charge < -0.3 is 15.4 Å². The van der Waals surface area contributed by atoms with Crippen molar-refractivity contribution in [3.63, 3.8) is 0 Å². The van der Waals surface area contributed by atoms with Crippen LogP contribution in [-0.2, 0) is 11.3 Å². The van der Waals surface area contributed by atoms with Gasteiger partial charge in [-0.15, -0.1) is 0 Å². The van der Waals surface area contributed by atoms with E-state index in [0.29, 0.717) is 30.3 Å². The largest absolute Gasteiger partial charge is 0.495 e. The molecule has 0 fully saturated rings. The van der Waals surface area contributed by atoms with E-state index in [0.717, 1.165) is 17.1 Å². The van der Waals surface area contributed by atoms with Crippen LogP contribution < -0.4 is 15.4 Å². The average Bonchev–Trinajstić information content (AvgIpc) is 2.53. The highest BCUT2D eigenvalue weighted by Crippen LogP contribution is 2.27. The van der Waals surface area contributed by atoms with Crippen LogP contribution in [-0.4, -0.2) is 24.5 Å². The lowest BCUT2D eigenvalue weighted by atomic mass is 10.2. The molecule has 0 saturated carbocycles. The number of amides is 1. The second-order valence-corrected chi connectivity index (χ2v) is 5.50. The molecule has 2 N–H and O–H groups in total. The van der Waals surface area contributed by atoms with Gasteiger partial charge in [-0.3, -0.25) is 9.78 Å². The summed E-state index contributed by atoms with van der Waals surface area (Å²) >= 11 is 5.96. The van der Waals surface area contributed by atoms with Crippen molar-refractivity contribution in [2.24, 2.45) is 0 Å². The Kier molecular flexibility index (Phi) is 6.23. The third-order valence-corrected chi connectivity index (χ3v) is 3.48. The zero-order valence-electron chi connectivity index (χ0n) is 13.2. The second kappa shape index (κ2) is 8.39. The lowest BCUT2D eigenvalue weighted by molar-refractivity contribution is -0.121. The predicted octanol–water partition coefficient (Wildman–Crippen LogP) is 3.17. The number of halogens is 1. The number of ether oxygens (including phenoxy) is 1. The summed E-state index contributed by atoms with van der Waals surface area (Å²) in [6.45, 7) is 2.85. The van der Waals surface area contributed by atoms with Crippen LogP contribution >= 0.6 is 11.6 Å². The van der Waals surface area contributed by atoms with Gasteiger partial charge in [0.15, 0.2) is 0 Å². The van der Waals surface area contributed by atoms with Crippen LogP contribution in [0.15, 0.2) is 36.4 Å². The Balaban J connectivity index is 1.78. The number of aryl methyl sites for hydroxylation is 1. The number of carbonyl (C=O) groups excluding carboxylic acids is 1. The third kappa shape index (κ3) is 5.45. The van der Waals surface area contributed by atoms with Gasteiger partial charge in [0.05, 0.1) is 25.0 Å². The van der Waals surface area contributed by atoms with Crippen LogP contribution in [0.5, 0.6) is 5.75 Å². The molecule has 0 radical (unpaired) electrons. The standard InChI is InChI=1S/C17H20ClN3O2/c1-12-4-3-5-14(21-12)11-20-17(22)8-9-19-15-10-13(18)6-7-16(15)23-2/h3-7,10,19H,8-9,11H2,1-2H3,(H,20,22). The molecule has 2 rings (SSSR count). The maximum Gasteiger partial charge on any atom is 0.222 e. The van der Waals surface area contributed by atoms with Crippen molar-refractivity contribution in [3.8, 4) is 5.75 Å². The van der Waals surface area contributed by atoms with Crippen molar-refractivity contribution in [2.45, 2.75) is 19.9 Å². The molecule has 1 heterocycles. The number of hydrogen-bond donors (Lipinski definition) is 2. The first kappa shape index (κ1) is 17.1. The quantitative estimate of drug-likeness (QED) is 0.817. The van der Waals surface area contributed by atoms with Gasteiger partial charge in [0, 0.05) is 23.7 Å². The summed E-state index contributed by atoms with van der Waals surface area (Å²) in [6.07, 6.45) is 0.349. The highest BCUT2D eigenvalue weighted by Gasteiger charge is 2.06. The Labute approximate surface area is 141 Å². The molecule has 0 aliphatic heterocycles. The van der Waals surface area contributed by atoms with Gasteiger partial charge >= 0.3 is 0 Å². The zero-order chi connectivity index (χ0) is 16.7. The molecule has 1 aromatic heterocycles. The van der Waals surface area contributed by atoms with Gasteiger partial charge in [0.2, 0.25) is 5.91 Å². The first-order valence-corrected chi connectivity index (χ1v) is 7.73. The molecule has 0 unspecified atom stereocenters. The fourth-order valence-corrected chi connectivity index (χ4v) is 2.28. The normalized spacial score (nSPS) is 10.2. The van der Waals surface area contributed by atoms with E-state index in [9.17, 15) is 4.79 Å². The fraction of sp³-hybridized carbons (Fsp3) is 0.294. The summed E-state index contributed by atoms with van der Waals surface area (Å²) in [5.74, 6) is 0.653. The predicted molar refractivity (Wildman–Crippen MR) is 91.9 cm³/mol. The average molecular weight is 334 g/mol. The van der Waals surface area contributed by atoms with Gasteiger partial charge in [0.25, 0.3) is 0 Å². The van der Waals surface area contributed by atoms with Gasteiger partial charge in [0.1, 0.15) is 5.75 Å². The Morgan fingerprint density at radius 2 is 2.13 bits per heavy atom. The van der Waals surface area contributed by atoms with Crippen LogP contribution in [0.4, 0.5) is 5.69 Å². The molecular weight excluding hydrogens is 314 g/mol. The lowest BCUT2D eigenvalue weighted by Crippen LogP contribution is -2.25. The van der Waals surface area contributed by atoms with Crippen molar-refractivity contribution >= 4 is 23.2 Å². The maximum atomic E-state index is 11.9. The van der Waals surface area contributed by atoms with Crippen LogP contribution in [0.1, 0.15) is 17.8 Å². The number of pyridine rings is 1. The fourth-order valence-electron chi connectivity index (χ4n) is 2.10. The van der Waals surface area contributed by atoms with Crippen LogP contribution in [0.25, 0.3) is 0 Å². The Morgan fingerprint density at radius 1 is 1.30 bits per heavy atom. The van der Waals surface area contributed by atoms with Crippen molar-refractivity contribution in [1.82, 2.24) is 10.3 Å². The Hall–Kier alpha value is -2.27. The highest BCUT2D eigenvalue weighted by atomic mass is 35.5. The number of nitrogens with zero attached hydrogens (tertiary/aromatic N) is 1. The molecule has 0 saturated heterocycles. The summed E-state index contributed by atoms with van der Waals surface area (Å²) in [4.78, 5) is 16.2. The molecule has 0 bridgehead atoms. The number of nitrogens with one attached hydrogen (secondary N) is 2. The number of anilines is 1. The molecule has 23 heavy (non-hydrogen) atoms. The zero-order valence-corrected chi connectivity index (χ0v) is 14.0. The van der Waals surface area contributed by atoms with E-state index in [-0.39, 0.29) is 5.91 Å². The minimum absolute atomic E-state index is 0.0400. The molecule has 0 aliphatic carbocycles. The first-order chi connectivity index (χ1) is 11.1.